The van der Waals surface area contributed by atoms with Gasteiger partial charge in [0.05, 0.1) is 31.3 Å². The number of aliphatic hydroxyl groups excluding tert-OH is 1. The van der Waals surface area contributed by atoms with Crippen LogP contribution in [-0.2, 0) is 75.1 Å². The van der Waals surface area contributed by atoms with Gasteiger partial charge in [-0.3, -0.25) is 62.4 Å². The van der Waals surface area contributed by atoms with Gasteiger partial charge < -0.3 is 70.3 Å². The Morgan fingerprint density at radius 1 is 0.583 bits per heavy atom. The van der Waals surface area contributed by atoms with Gasteiger partial charge in [-0.15, -0.1) is 0 Å². The number of benzene rings is 2. The van der Waals surface area contributed by atoms with Crippen molar-refractivity contribution in [2.75, 3.05) is 88.2 Å². The highest BCUT2D eigenvalue weighted by Gasteiger charge is 2.49. The SMILES string of the molecule is CC(C)C[C@H]1C(=O)N[C@@H](COC(C)(C)C)C(=O)N(C)[C@@H](Cc2ccccc2)C(=O)N(C)[C@@H](CC(C)C)C(=O)N[C@H](C(=O)N2CCCCC2)CC(=O)N2C[C@@H](N3CCC(F)(F)CC3)C[C@H]2C(=O)N(C)[C@@H](Cc2cccc(Cl)c2)C(=O)N[C@@H](C(C)C)C(=O)N(C)[C@@H](C(C)C)C(=O)N[C@@H]([C@@H](C)O)C(=O)N(C)CC(=O)N1C. The quantitative estimate of drug-likeness (QED) is 0.165. The topological polar surface area (TPSA) is 312 Å². The van der Waals surface area contributed by atoms with Crippen molar-refractivity contribution in [3.05, 3.63) is 70.7 Å². The fourth-order valence-corrected chi connectivity index (χ4v) is 14.8. The average Bonchev–Trinajstić information content (AvgIpc) is 1.60. The summed E-state index contributed by atoms with van der Waals surface area (Å²) < 4.78 is 36.1. The summed E-state index contributed by atoms with van der Waals surface area (Å²) in [7, 11) is 8.12. The number of aliphatic hydroxyl groups is 1. The maximum Gasteiger partial charge on any atom is 0.250 e. The number of carbonyl (C=O) groups is 12. The number of ether oxygens (including phenoxy) is 1. The number of nitrogens with zero attached hydrogens (tertiary/aromatic N) is 9. The molecule has 5 N–H and O–H groups in total. The third-order valence-corrected chi connectivity index (χ3v) is 21.3. The van der Waals surface area contributed by atoms with Crippen molar-refractivity contribution in [1.82, 2.24) is 65.4 Å². The number of amides is 12. The van der Waals surface area contributed by atoms with E-state index in [9.17, 15) is 28.3 Å². The molecule has 0 aliphatic carbocycles. The van der Waals surface area contributed by atoms with E-state index < -0.39 is 199 Å². The minimum Gasteiger partial charge on any atom is -0.391 e. The molecule has 602 valence electrons. The van der Waals surface area contributed by atoms with E-state index in [0.717, 1.165) is 26.0 Å². The molecule has 27 nitrogen and oxygen atoms in total. The fraction of sp³-hybridized carbons (Fsp3) is 0.692. The van der Waals surface area contributed by atoms with Crippen LogP contribution in [0.3, 0.4) is 0 Å². The molecule has 4 aliphatic heterocycles. The van der Waals surface area contributed by atoms with Gasteiger partial charge >= 0.3 is 0 Å². The lowest BCUT2D eigenvalue weighted by Gasteiger charge is -2.38. The molecule has 2 aromatic carbocycles. The summed E-state index contributed by atoms with van der Waals surface area (Å²) in [6, 6.07) is 0.107. The standard InChI is InChI=1S/C78H120ClF2N13O14/c1-46(2)36-57-67(98)83-56(45-108-77(10,11)12)71(102)90(17)60(39-51-26-21-19-22-27-51)73(104)88(15)58(37-47(3)4)68(99)82-55(72(103)93-32-23-20-24-33-93)42-62(96)94-43-54(92-34-30-78(80,81)31-35-92)41-61(94)74(105)89(16)59(40-52-28-25-29-53(79)38-52)69(100)84-64(48(5)6)76(107)91(18)66(49(7)8)70(101)85-65(50(9)95)75(106)86(13)44-63(97)87(57)14/h19,21-22,25-29,38,46-50,54-61,64-66,95H,20,23-24,30-37,39-45H2,1-18H3,(H,82,99)(H,83,98)(H,84,100)(H,85,101)/t50-,54+,55+,56+,57+,58+,59+,60+,61+,64+,65+,66+/m1/s1. The number of hydrogen-bond donors (Lipinski definition) is 5. The molecule has 2 aromatic rings. The second-order valence-corrected chi connectivity index (χ2v) is 32.9. The summed E-state index contributed by atoms with van der Waals surface area (Å²) in [6.07, 6.45) is -1.64. The molecule has 0 radical (unpaired) electrons. The number of hydrogen-bond acceptors (Lipinski definition) is 15. The molecule has 4 saturated heterocycles. The molecule has 12 atom stereocenters. The van der Waals surface area contributed by atoms with Crippen LogP contribution in [0.5, 0.6) is 0 Å². The summed E-state index contributed by atoms with van der Waals surface area (Å²) in [6.45, 7) is 19.5. The molecule has 4 heterocycles. The first-order valence-corrected chi connectivity index (χ1v) is 38.4. The van der Waals surface area contributed by atoms with Gasteiger partial charge in [-0.1, -0.05) is 109 Å². The molecule has 0 spiro atoms. The van der Waals surface area contributed by atoms with Gasteiger partial charge in [0.25, 0.3) is 5.92 Å². The van der Waals surface area contributed by atoms with E-state index in [1.165, 1.54) is 63.9 Å². The lowest BCUT2D eigenvalue weighted by atomic mass is 9.96. The van der Waals surface area contributed by atoms with E-state index in [-0.39, 0.29) is 76.7 Å². The highest BCUT2D eigenvalue weighted by Crippen LogP contribution is 2.34. The summed E-state index contributed by atoms with van der Waals surface area (Å²) in [5.41, 5.74) is 0.200. The molecule has 0 unspecified atom stereocenters. The Hall–Kier alpha value is -7.89. The first-order valence-electron chi connectivity index (χ1n) is 38.0. The monoisotopic (exact) mass is 1540 g/mol. The number of likely N-dealkylation sites (N-methyl/N-ethyl adjacent to an activating group) is 6. The van der Waals surface area contributed by atoms with Gasteiger partial charge in [0, 0.05) is 112 Å². The molecule has 30 heteroatoms. The zero-order valence-corrected chi connectivity index (χ0v) is 67.3. The second kappa shape index (κ2) is 39.1. The molecular formula is C78H120ClF2N13O14. The van der Waals surface area contributed by atoms with Gasteiger partial charge in [0.15, 0.2) is 0 Å². The number of halogens is 3. The van der Waals surface area contributed by atoms with Crippen LogP contribution in [0.25, 0.3) is 0 Å². The number of fused-ring (bicyclic) bond motifs is 1. The van der Waals surface area contributed by atoms with Crippen LogP contribution >= 0.6 is 11.6 Å². The van der Waals surface area contributed by atoms with E-state index in [1.54, 1.807) is 113 Å². The Morgan fingerprint density at radius 2 is 1.12 bits per heavy atom. The molecule has 0 aromatic heterocycles. The van der Waals surface area contributed by atoms with Gasteiger partial charge in [-0.2, -0.15) is 0 Å². The summed E-state index contributed by atoms with van der Waals surface area (Å²) in [4.78, 5) is 194. The number of alkyl halides is 2. The van der Waals surface area contributed by atoms with E-state index in [1.807, 2.05) is 27.7 Å². The van der Waals surface area contributed by atoms with Crippen LogP contribution in [0.4, 0.5) is 8.78 Å². The van der Waals surface area contributed by atoms with Gasteiger partial charge in [0.1, 0.15) is 60.4 Å². The lowest BCUT2D eigenvalue weighted by Crippen LogP contribution is -2.63. The fourth-order valence-electron chi connectivity index (χ4n) is 14.6. The van der Waals surface area contributed by atoms with Crippen LogP contribution < -0.4 is 21.3 Å². The number of likely N-dealkylation sites (tertiary alicyclic amines) is 2. The molecule has 0 saturated carbocycles. The Labute approximate surface area is 641 Å². The van der Waals surface area contributed by atoms with Crippen molar-refractivity contribution in [2.24, 2.45) is 23.7 Å². The molecule has 0 bridgehead atoms. The van der Waals surface area contributed by atoms with Crippen LogP contribution in [0.15, 0.2) is 54.6 Å². The predicted octanol–water partition coefficient (Wildman–Crippen LogP) is 4.37. The highest BCUT2D eigenvalue weighted by molar-refractivity contribution is 6.30. The second-order valence-electron chi connectivity index (χ2n) is 32.5. The molecule has 12 amide bonds. The van der Waals surface area contributed by atoms with E-state index in [4.69, 9.17) is 16.3 Å². The maximum atomic E-state index is 15.8. The smallest absolute Gasteiger partial charge is 0.250 e. The Morgan fingerprint density at radius 3 is 1.68 bits per heavy atom. The molecular weight excluding hydrogens is 1420 g/mol. The zero-order chi connectivity index (χ0) is 80.7. The first kappa shape index (κ1) is 89.0. The maximum absolute atomic E-state index is 15.8. The number of nitrogens with one attached hydrogen (secondary N) is 4. The normalized spacial score (nSPS) is 27.0. The van der Waals surface area contributed by atoms with Gasteiger partial charge in [-0.05, 0) is 113 Å². The van der Waals surface area contributed by atoms with Gasteiger partial charge in [0.2, 0.25) is 70.9 Å². The van der Waals surface area contributed by atoms with Crippen molar-refractivity contribution >= 4 is 82.5 Å². The lowest BCUT2D eigenvalue weighted by molar-refractivity contribution is -0.152. The molecule has 108 heavy (non-hydrogen) atoms. The minimum atomic E-state index is -2.97. The molecule has 6 rings (SSSR count). The number of carbonyl (C=O) groups excluding carboxylic acids is 12. The van der Waals surface area contributed by atoms with Crippen molar-refractivity contribution < 1.29 is 76.2 Å². The van der Waals surface area contributed by atoms with Crippen LogP contribution in [0.2, 0.25) is 5.02 Å². The average molecular weight is 1540 g/mol. The number of piperidine rings is 2. The molecule has 4 aliphatic rings. The van der Waals surface area contributed by atoms with Crippen LogP contribution in [0.1, 0.15) is 152 Å². The largest absolute Gasteiger partial charge is 0.391 e. The number of rotatable bonds is 15. The Balaban J connectivity index is 1.54. The molecule has 4 fully saturated rings. The van der Waals surface area contributed by atoms with Crippen LogP contribution in [0, 0.1) is 23.7 Å². The van der Waals surface area contributed by atoms with Crippen molar-refractivity contribution in [2.45, 2.75) is 238 Å². The summed E-state index contributed by atoms with van der Waals surface area (Å²) in [5.74, 6) is -14.4. The Bertz CT molecular complexity index is 3470. The van der Waals surface area contributed by atoms with E-state index >= 15 is 43.2 Å². The van der Waals surface area contributed by atoms with Gasteiger partial charge in [-0.25, -0.2) is 8.78 Å². The van der Waals surface area contributed by atoms with Crippen molar-refractivity contribution in [3.63, 3.8) is 0 Å². The van der Waals surface area contributed by atoms with Crippen molar-refractivity contribution in [3.8, 4) is 0 Å². The summed E-state index contributed by atoms with van der Waals surface area (Å²) in [5, 5.41) is 22.7. The highest BCUT2D eigenvalue weighted by atomic mass is 35.5. The van der Waals surface area contributed by atoms with E-state index in [0.29, 0.717) is 29.0 Å². The first-order chi connectivity index (χ1) is 50.4. The third-order valence-electron chi connectivity index (χ3n) is 21.1. The van der Waals surface area contributed by atoms with E-state index in [2.05, 4.69) is 21.3 Å². The third kappa shape index (κ3) is 24.1. The minimum absolute atomic E-state index is 0.00235. The van der Waals surface area contributed by atoms with Crippen LogP contribution in [-0.4, -0.2) is 292 Å². The Kier molecular flexibility index (Phi) is 32.3. The predicted molar refractivity (Wildman–Crippen MR) is 404 cm³/mol. The van der Waals surface area contributed by atoms with Crippen molar-refractivity contribution in [1.29, 1.82) is 0 Å². The summed E-state index contributed by atoms with van der Waals surface area (Å²) >= 11 is 6.54. The zero-order valence-electron chi connectivity index (χ0n) is 66.6.